The van der Waals surface area contributed by atoms with Crippen molar-refractivity contribution in [3.05, 3.63) is 29.3 Å². The summed E-state index contributed by atoms with van der Waals surface area (Å²) in [7, 11) is -4.02. The maximum Gasteiger partial charge on any atom is 0.256 e. The first-order valence-corrected chi connectivity index (χ1v) is 13.5. The van der Waals surface area contributed by atoms with Gasteiger partial charge in [-0.25, -0.2) is 8.42 Å². The highest BCUT2D eigenvalue weighted by Crippen LogP contribution is 2.61. The van der Waals surface area contributed by atoms with E-state index in [4.69, 9.17) is 11.6 Å². The van der Waals surface area contributed by atoms with E-state index in [0.717, 1.165) is 41.3 Å². The zero-order chi connectivity index (χ0) is 23.4. The second-order valence-corrected chi connectivity index (χ2v) is 12.9. The highest BCUT2D eigenvalue weighted by Gasteiger charge is 2.51. The third kappa shape index (κ3) is 4.52. The number of nitrogens with one attached hydrogen (secondary N) is 2. The van der Waals surface area contributed by atoms with Gasteiger partial charge in [0.1, 0.15) is 6.04 Å². The first kappa shape index (κ1) is 23.1. The minimum absolute atomic E-state index is 0.00958. The molecule has 2 unspecified atom stereocenters. The van der Waals surface area contributed by atoms with Crippen molar-refractivity contribution >= 4 is 33.4 Å². The second-order valence-electron chi connectivity index (χ2n) is 10.6. The van der Waals surface area contributed by atoms with E-state index in [1.54, 1.807) is 0 Å². The zero-order valence-corrected chi connectivity index (χ0v) is 19.9. The monoisotopic (exact) mass is 495 g/mol. The predicted molar refractivity (Wildman–Crippen MR) is 121 cm³/mol. The van der Waals surface area contributed by atoms with Crippen molar-refractivity contribution in [2.24, 2.45) is 23.2 Å². The van der Waals surface area contributed by atoms with Gasteiger partial charge in [-0.05, 0) is 86.0 Å². The van der Waals surface area contributed by atoms with E-state index >= 15 is 0 Å². The fraction of sp³-hybridized carbons (Fsp3) is 0.652. The number of β-amino-alcohol motifs (C(OH)–C–C–N with tert-alkyl or cyclic N) is 1. The van der Waals surface area contributed by atoms with Gasteiger partial charge in [-0.2, -0.15) is 4.31 Å². The topological polar surface area (TPSA) is 116 Å². The van der Waals surface area contributed by atoms with Gasteiger partial charge in [0.25, 0.3) is 5.91 Å². The van der Waals surface area contributed by atoms with Gasteiger partial charge >= 0.3 is 0 Å². The van der Waals surface area contributed by atoms with Crippen LogP contribution < -0.4 is 10.9 Å². The van der Waals surface area contributed by atoms with Crippen LogP contribution in [0.2, 0.25) is 5.02 Å². The molecule has 0 spiro atoms. The summed E-state index contributed by atoms with van der Waals surface area (Å²) >= 11 is 5.85. The van der Waals surface area contributed by atoms with Gasteiger partial charge in [-0.3, -0.25) is 20.4 Å². The van der Waals surface area contributed by atoms with Crippen LogP contribution in [-0.2, 0) is 19.6 Å². The molecule has 4 saturated carbocycles. The predicted octanol–water partition coefficient (Wildman–Crippen LogP) is 2.22. The van der Waals surface area contributed by atoms with Crippen LogP contribution in [0, 0.1) is 23.2 Å². The summed E-state index contributed by atoms with van der Waals surface area (Å²) in [6.07, 6.45) is 6.51. The highest BCUT2D eigenvalue weighted by molar-refractivity contribution is 7.89. The second kappa shape index (κ2) is 8.52. The van der Waals surface area contributed by atoms with Gasteiger partial charge in [0, 0.05) is 24.4 Å². The van der Waals surface area contributed by atoms with E-state index in [0.29, 0.717) is 11.4 Å². The molecule has 8 nitrogen and oxygen atoms in total. The Labute approximate surface area is 199 Å². The summed E-state index contributed by atoms with van der Waals surface area (Å²) < 4.78 is 27.1. The lowest BCUT2D eigenvalue weighted by atomic mass is 9.49. The fourth-order valence-electron chi connectivity index (χ4n) is 7.14. The molecule has 5 fully saturated rings. The van der Waals surface area contributed by atoms with Crippen LogP contribution >= 0.6 is 11.6 Å². The Kier molecular flexibility index (Phi) is 5.96. The van der Waals surface area contributed by atoms with Crippen molar-refractivity contribution < 1.29 is 23.1 Å². The number of rotatable bonds is 5. The summed E-state index contributed by atoms with van der Waals surface area (Å²) in [6, 6.07) is 4.54. The van der Waals surface area contributed by atoms with Gasteiger partial charge in [-0.1, -0.05) is 11.6 Å². The summed E-state index contributed by atoms with van der Waals surface area (Å²) in [4.78, 5) is 25.6. The number of benzene rings is 1. The lowest BCUT2D eigenvalue weighted by molar-refractivity contribution is -0.135. The molecule has 4 bridgehead atoms. The molecule has 1 aromatic rings. The number of amides is 2. The van der Waals surface area contributed by atoms with Crippen molar-refractivity contribution in [2.75, 3.05) is 6.54 Å². The fourth-order valence-corrected chi connectivity index (χ4v) is 8.90. The molecule has 3 N–H and O–H groups in total. The molecule has 6 rings (SSSR count). The van der Waals surface area contributed by atoms with Crippen molar-refractivity contribution in [3.63, 3.8) is 0 Å². The van der Waals surface area contributed by atoms with Gasteiger partial charge in [-0.15, -0.1) is 0 Å². The normalized spacial score (nSPS) is 35.5. The zero-order valence-electron chi connectivity index (χ0n) is 18.4. The maximum atomic E-state index is 13.1. The minimum atomic E-state index is -4.02. The molecule has 5 aliphatic rings. The van der Waals surface area contributed by atoms with Crippen LogP contribution in [-0.4, -0.2) is 48.3 Å². The van der Waals surface area contributed by atoms with Gasteiger partial charge in [0.2, 0.25) is 15.9 Å². The Morgan fingerprint density at radius 2 is 1.58 bits per heavy atom. The Hall–Kier alpha value is -1.68. The van der Waals surface area contributed by atoms with Crippen LogP contribution in [0.5, 0.6) is 0 Å². The van der Waals surface area contributed by atoms with Gasteiger partial charge in [0.05, 0.1) is 11.0 Å². The number of carbonyl (C=O) groups is 2. The number of sulfonamides is 1. The van der Waals surface area contributed by atoms with Crippen LogP contribution in [0.25, 0.3) is 0 Å². The number of hydrazine groups is 1. The summed E-state index contributed by atoms with van der Waals surface area (Å²) in [5.74, 6) is 1.29. The number of hydrogen-bond acceptors (Lipinski definition) is 5. The van der Waals surface area contributed by atoms with Crippen molar-refractivity contribution in [1.82, 2.24) is 15.2 Å². The number of halogens is 1. The molecule has 1 heterocycles. The average molecular weight is 496 g/mol. The smallest absolute Gasteiger partial charge is 0.256 e. The third-order valence-electron chi connectivity index (χ3n) is 7.98. The number of carbonyl (C=O) groups excluding carboxylic acids is 2. The minimum Gasteiger partial charge on any atom is -0.392 e. The van der Waals surface area contributed by atoms with Gasteiger partial charge < -0.3 is 5.11 Å². The maximum absolute atomic E-state index is 13.1. The molecule has 1 saturated heterocycles. The summed E-state index contributed by atoms with van der Waals surface area (Å²) in [5, 5.41) is 10.5. The van der Waals surface area contributed by atoms with Crippen LogP contribution in [0.4, 0.5) is 0 Å². The third-order valence-corrected chi connectivity index (χ3v) is 10.1. The molecule has 2 amide bonds. The largest absolute Gasteiger partial charge is 0.392 e. The van der Waals surface area contributed by atoms with Crippen LogP contribution in [0.15, 0.2) is 29.2 Å². The Balaban J connectivity index is 1.21. The van der Waals surface area contributed by atoms with E-state index in [1.807, 2.05) is 0 Å². The van der Waals surface area contributed by atoms with E-state index in [1.165, 1.54) is 43.5 Å². The van der Waals surface area contributed by atoms with Crippen LogP contribution in [0.3, 0.4) is 0 Å². The molecule has 4 aliphatic carbocycles. The molecular formula is C23H30ClN3O5S. The Bertz CT molecular complexity index is 1010. The van der Waals surface area contributed by atoms with Gasteiger partial charge in [0.15, 0.2) is 0 Å². The van der Waals surface area contributed by atoms with Crippen molar-refractivity contribution in [2.45, 2.75) is 68.4 Å². The molecule has 2 atom stereocenters. The molecule has 1 aromatic carbocycles. The average Bonchev–Trinajstić information content (AvgIpc) is 3.14. The molecule has 33 heavy (non-hydrogen) atoms. The Morgan fingerprint density at radius 1 is 1.00 bits per heavy atom. The molecular weight excluding hydrogens is 466 g/mol. The lowest BCUT2D eigenvalue weighted by Gasteiger charge is -2.56. The molecule has 1 aliphatic heterocycles. The first-order valence-electron chi connectivity index (χ1n) is 11.7. The number of hydrogen-bond donors (Lipinski definition) is 3. The lowest BCUT2D eigenvalue weighted by Crippen LogP contribution is -2.53. The molecule has 0 radical (unpaired) electrons. The van der Waals surface area contributed by atoms with Crippen LogP contribution in [0.1, 0.15) is 51.4 Å². The van der Waals surface area contributed by atoms with E-state index in [-0.39, 0.29) is 29.2 Å². The number of nitrogens with zero attached hydrogens (tertiary/aromatic N) is 1. The standard InChI is InChI=1S/C23H30ClN3O5S/c24-17-1-3-19(4-2-17)33(31,32)27-13-18(28)8-20(27)22(30)26-25-21(29)12-23-9-14-5-15(10-23)7-16(6-14)11-23/h1-4,14-16,18,20,28H,5-13H2,(H,25,29)(H,26,30). The SMILES string of the molecule is O=C(CC12CC3CC(CC(C3)C1)C2)NNC(=O)C1CC(O)CN1S(=O)(=O)c1ccc(Cl)cc1. The molecule has 0 aromatic heterocycles. The molecule has 180 valence electrons. The molecule has 10 heteroatoms. The van der Waals surface area contributed by atoms with Crippen molar-refractivity contribution in [3.8, 4) is 0 Å². The summed E-state index contributed by atoms with van der Waals surface area (Å²) in [5.41, 5.74) is 4.96. The first-order chi connectivity index (χ1) is 15.6. The quantitative estimate of drug-likeness (QED) is 0.542. The number of aliphatic hydroxyl groups excluding tert-OH is 1. The Morgan fingerprint density at radius 3 is 2.15 bits per heavy atom. The highest BCUT2D eigenvalue weighted by atomic mass is 35.5. The summed E-state index contributed by atoms with van der Waals surface area (Å²) in [6.45, 7) is -0.190. The van der Waals surface area contributed by atoms with E-state index < -0.39 is 28.1 Å². The van der Waals surface area contributed by atoms with E-state index in [2.05, 4.69) is 10.9 Å². The number of aliphatic hydroxyl groups is 1. The van der Waals surface area contributed by atoms with E-state index in [9.17, 15) is 23.1 Å². The van der Waals surface area contributed by atoms with Crippen molar-refractivity contribution in [1.29, 1.82) is 0 Å².